The lowest BCUT2D eigenvalue weighted by molar-refractivity contribution is -0.144. The van der Waals surface area contributed by atoms with Crippen LogP contribution in [0.3, 0.4) is 0 Å². The molecule has 4 heteroatoms. The fraction of sp³-hybridized carbons (Fsp3) is 0.200. The summed E-state index contributed by atoms with van der Waals surface area (Å²) in [6.07, 6.45) is 1.61. The molecule has 4 nitrogen and oxygen atoms in total. The molecule has 0 aliphatic rings. The third-order valence-electron chi connectivity index (χ3n) is 3.91. The van der Waals surface area contributed by atoms with Gasteiger partial charge in [0.2, 0.25) is 0 Å². The van der Waals surface area contributed by atoms with Crippen LogP contribution in [0.15, 0.2) is 67.3 Å². The number of hydrogen-bond donors (Lipinski definition) is 0. The number of allylic oxidation sites excluding steroid dienone is 1. The number of benzene rings is 2. The largest absolute Gasteiger partial charge is 0.497 e. The van der Waals surface area contributed by atoms with Gasteiger partial charge in [-0.2, -0.15) is 0 Å². The molecule has 0 saturated carbocycles. The van der Waals surface area contributed by atoms with Crippen molar-refractivity contribution < 1.29 is 19.1 Å². The highest BCUT2D eigenvalue weighted by Gasteiger charge is 2.35. The van der Waals surface area contributed by atoms with E-state index in [4.69, 9.17) is 9.47 Å². The average Bonchev–Trinajstić information content (AvgIpc) is 2.65. The minimum Gasteiger partial charge on any atom is -0.497 e. The molecular formula is C20H20O4. The Balaban J connectivity index is 2.41. The van der Waals surface area contributed by atoms with E-state index < -0.39 is 17.8 Å². The van der Waals surface area contributed by atoms with Crippen molar-refractivity contribution in [3.05, 3.63) is 78.4 Å². The predicted octanol–water partition coefficient (Wildman–Crippen LogP) is 3.64. The van der Waals surface area contributed by atoms with Crippen LogP contribution in [-0.4, -0.2) is 26.0 Å². The first-order chi connectivity index (χ1) is 11.6. The molecule has 0 N–H and O–H groups in total. The van der Waals surface area contributed by atoms with Crippen LogP contribution in [0.5, 0.6) is 5.75 Å². The zero-order valence-corrected chi connectivity index (χ0v) is 13.8. The highest BCUT2D eigenvalue weighted by atomic mass is 16.5. The van der Waals surface area contributed by atoms with Crippen molar-refractivity contribution in [3.63, 3.8) is 0 Å². The summed E-state index contributed by atoms with van der Waals surface area (Å²) >= 11 is 0. The Bertz CT molecular complexity index is 704. The van der Waals surface area contributed by atoms with Crippen LogP contribution in [0.1, 0.15) is 21.8 Å². The molecule has 0 spiro atoms. The first-order valence-corrected chi connectivity index (χ1v) is 7.56. The van der Waals surface area contributed by atoms with Crippen molar-refractivity contribution in [2.75, 3.05) is 14.2 Å². The van der Waals surface area contributed by atoms with Crippen molar-refractivity contribution in [2.24, 2.45) is 5.92 Å². The first-order valence-electron chi connectivity index (χ1n) is 7.56. The van der Waals surface area contributed by atoms with E-state index in [0.717, 1.165) is 5.56 Å². The summed E-state index contributed by atoms with van der Waals surface area (Å²) in [6, 6.07) is 16.0. The van der Waals surface area contributed by atoms with Gasteiger partial charge in [-0.05, 0) is 29.8 Å². The SMILES string of the molecule is C=CC(c1ccccc1)C(C(=O)OC)C(=O)c1ccc(OC)cc1. The second-order valence-electron chi connectivity index (χ2n) is 5.27. The van der Waals surface area contributed by atoms with E-state index >= 15 is 0 Å². The average molecular weight is 324 g/mol. The maximum Gasteiger partial charge on any atom is 0.317 e. The number of carbonyl (C=O) groups is 2. The molecule has 0 bridgehead atoms. The normalized spacial score (nSPS) is 12.8. The van der Waals surface area contributed by atoms with Gasteiger partial charge < -0.3 is 9.47 Å². The Morgan fingerprint density at radius 2 is 1.62 bits per heavy atom. The number of methoxy groups -OCH3 is 2. The van der Waals surface area contributed by atoms with Crippen molar-refractivity contribution >= 4 is 11.8 Å². The van der Waals surface area contributed by atoms with Gasteiger partial charge in [0.25, 0.3) is 0 Å². The number of carbonyl (C=O) groups excluding carboxylic acids is 2. The molecule has 124 valence electrons. The third-order valence-corrected chi connectivity index (χ3v) is 3.91. The lowest BCUT2D eigenvalue weighted by Gasteiger charge is -2.22. The van der Waals surface area contributed by atoms with Gasteiger partial charge in [0, 0.05) is 11.5 Å². The van der Waals surface area contributed by atoms with E-state index in [1.807, 2.05) is 30.3 Å². The molecule has 0 aromatic heterocycles. The molecule has 0 radical (unpaired) electrons. The third kappa shape index (κ3) is 3.71. The summed E-state index contributed by atoms with van der Waals surface area (Å²) in [5.74, 6) is -1.69. The summed E-state index contributed by atoms with van der Waals surface area (Å²) in [5.41, 5.74) is 1.26. The summed E-state index contributed by atoms with van der Waals surface area (Å²) in [4.78, 5) is 25.2. The van der Waals surface area contributed by atoms with Crippen LogP contribution >= 0.6 is 0 Å². The molecule has 0 fully saturated rings. The molecule has 2 aromatic carbocycles. The van der Waals surface area contributed by atoms with Gasteiger partial charge in [-0.1, -0.05) is 36.4 Å². The molecule has 0 aliphatic carbocycles. The van der Waals surface area contributed by atoms with Gasteiger partial charge in [-0.3, -0.25) is 9.59 Å². The molecule has 0 aliphatic heterocycles. The number of ketones is 1. The Morgan fingerprint density at radius 1 is 1.00 bits per heavy atom. The number of ether oxygens (including phenoxy) is 2. The molecule has 24 heavy (non-hydrogen) atoms. The Hall–Kier alpha value is -2.88. The molecule has 2 unspecified atom stereocenters. The number of esters is 1. The van der Waals surface area contributed by atoms with Crippen LogP contribution in [0.2, 0.25) is 0 Å². The first kappa shape index (κ1) is 17.5. The van der Waals surface area contributed by atoms with Crippen molar-refractivity contribution in [3.8, 4) is 5.75 Å². The fourth-order valence-electron chi connectivity index (χ4n) is 2.62. The Labute approximate surface area is 141 Å². The van der Waals surface area contributed by atoms with Gasteiger partial charge >= 0.3 is 5.97 Å². The van der Waals surface area contributed by atoms with Crippen LogP contribution in [0.4, 0.5) is 0 Å². The highest BCUT2D eigenvalue weighted by molar-refractivity contribution is 6.09. The molecule has 2 atom stereocenters. The predicted molar refractivity (Wildman–Crippen MR) is 92.2 cm³/mol. The van der Waals surface area contributed by atoms with Crippen LogP contribution in [0.25, 0.3) is 0 Å². The Kier molecular flexibility index (Phi) is 5.90. The summed E-state index contributed by atoms with van der Waals surface area (Å²) in [7, 11) is 2.83. The van der Waals surface area contributed by atoms with E-state index in [-0.39, 0.29) is 5.78 Å². The van der Waals surface area contributed by atoms with Gasteiger partial charge in [-0.15, -0.1) is 6.58 Å². The van der Waals surface area contributed by atoms with E-state index in [2.05, 4.69) is 6.58 Å². The molecule has 0 saturated heterocycles. The van der Waals surface area contributed by atoms with Gasteiger partial charge in [0.15, 0.2) is 5.78 Å². The lowest BCUT2D eigenvalue weighted by Crippen LogP contribution is -2.30. The zero-order chi connectivity index (χ0) is 17.5. The second kappa shape index (κ2) is 8.11. The standard InChI is InChI=1S/C20H20O4/c1-4-17(14-8-6-5-7-9-14)18(20(22)24-3)19(21)15-10-12-16(23-2)13-11-15/h4-13,17-18H,1H2,2-3H3. The maximum atomic E-state index is 12.9. The number of rotatable bonds is 7. The number of hydrogen-bond acceptors (Lipinski definition) is 4. The molecular weight excluding hydrogens is 304 g/mol. The lowest BCUT2D eigenvalue weighted by atomic mass is 9.81. The van der Waals surface area contributed by atoms with E-state index in [0.29, 0.717) is 11.3 Å². The monoisotopic (exact) mass is 324 g/mol. The van der Waals surface area contributed by atoms with E-state index in [1.165, 1.54) is 7.11 Å². The topological polar surface area (TPSA) is 52.6 Å². The Morgan fingerprint density at radius 3 is 2.12 bits per heavy atom. The number of Topliss-reactive ketones (excluding diaryl/α,β-unsaturated/α-hetero) is 1. The summed E-state index contributed by atoms with van der Waals surface area (Å²) < 4.78 is 9.97. The van der Waals surface area contributed by atoms with Crippen LogP contribution < -0.4 is 4.74 Å². The van der Waals surface area contributed by atoms with Crippen molar-refractivity contribution in [1.82, 2.24) is 0 Å². The van der Waals surface area contributed by atoms with Crippen molar-refractivity contribution in [1.29, 1.82) is 0 Å². The highest BCUT2D eigenvalue weighted by Crippen LogP contribution is 2.30. The second-order valence-corrected chi connectivity index (χ2v) is 5.27. The van der Waals surface area contributed by atoms with Gasteiger partial charge in [0.1, 0.15) is 11.7 Å². The summed E-state index contributed by atoms with van der Waals surface area (Å²) in [5, 5.41) is 0. The minimum absolute atomic E-state index is 0.307. The van der Waals surface area contributed by atoms with Crippen LogP contribution in [-0.2, 0) is 9.53 Å². The molecule has 0 heterocycles. The smallest absolute Gasteiger partial charge is 0.317 e. The quantitative estimate of drug-likeness (QED) is 0.338. The van der Waals surface area contributed by atoms with E-state index in [9.17, 15) is 9.59 Å². The zero-order valence-electron chi connectivity index (χ0n) is 13.8. The fourth-order valence-corrected chi connectivity index (χ4v) is 2.62. The minimum atomic E-state index is -0.983. The molecule has 2 rings (SSSR count). The van der Waals surface area contributed by atoms with E-state index in [1.54, 1.807) is 37.5 Å². The maximum absolute atomic E-state index is 12.9. The van der Waals surface area contributed by atoms with Crippen molar-refractivity contribution in [2.45, 2.75) is 5.92 Å². The summed E-state index contributed by atoms with van der Waals surface area (Å²) in [6.45, 7) is 3.80. The van der Waals surface area contributed by atoms with Gasteiger partial charge in [-0.25, -0.2) is 0 Å². The van der Waals surface area contributed by atoms with Crippen LogP contribution in [0, 0.1) is 5.92 Å². The molecule has 0 amide bonds. The van der Waals surface area contributed by atoms with Gasteiger partial charge in [0.05, 0.1) is 14.2 Å². The molecule has 2 aromatic rings.